The van der Waals surface area contributed by atoms with Crippen LogP contribution in [0.4, 0.5) is 14.5 Å². The van der Waals surface area contributed by atoms with Crippen molar-refractivity contribution in [3.05, 3.63) is 53.9 Å². The number of halogens is 2. The molecule has 0 spiro atoms. The number of nitrogens with two attached hydrogens (primary N) is 1. The fraction of sp³-hybridized carbons (Fsp3) is 0.0769. The summed E-state index contributed by atoms with van der Waals surface area (Å²) in [4.78, 5) is 15.9. The molecule has 0 unspecified atom stereocenters. The Bertz CT molecular complexity index is 588. The van der Waals surface area contributed by atoms with Crippen LogP contribution in [0, 0.1) is 0 Å². The lowest BCUT2D eigenvalue weighted by Gasteiger charge is -2.09. The Balaban J connectivity index is 2.33. The lowest BCUT2D eigenvalue weighted by atomic mass is 10.0. The number of nitrogen functional groups attached to an aromatic ring is 1. The normalized spacial score (nSPS) is 10.5. The highest BCUT2D eigenvalue weighted by molar-refractivity contribution is 6.09. The summed E-state index contributed by atoms with van der Waals surface area (Å²) in [6.45, 7) is -2.99. The van der Waals surface area contributed by atoms with Crippen molar-refractivity contribution in [2.75, 3.05) is 5.73 Å². The second kappa shape index (κ2) is 5.43. The minimum atomic E-state index is -2.99. The molecule has 2 N–H and O–H groups in total. The predicted octanol–water partition coefficient (Wildman–Crippen LogP) is 2.50. The van der Waals surface area contributed by atoms with E-state index >= 15 is 0 Å². The Morgan fingerprint density at radius 1 is 1.16 bits per heavy atom. The lowest BCUT2D eigenvalue weighted by Crippen LogP contribution is -2.07. The molecule has 1 aromatic carbocycles. The number of anilines is 1. The first kappa shape index (κ1) is 12.9. The molecule has 0 radical (unpaired) electrons. The Morgan fingerprint density at radius 3 is 2.47 bits per heavy atom. The van der Waals surface area contributed by atoms with Crippen LogP contribution in [-0.2, 0) is 0 Å². The zero-order valence-corrected chi connectivity index (χ0v) is 9.72. The molecule has 1 heterocycles. The van der Waals surface area contributed by atoms with Crippen LogP contribution < -0.4 is 10.5 Å². The van der Waals surface area contributed by atoms with Crippen molar-refractivity contribution in [3.63, 3.8) is 0 Å². The highest BCUT2D eigenvalue weighted by atomic mass is 19.3. The second-order valence-corrected chi connectivity index (χ2v) is 3.70. The third kappa shape index (κ3) is 3.04. The number of alkyl halides is 2. The van der Waals surface area contributed by atoms with Crippen molar-refractivity contribution in [1.29, 1.82) is 0 Å². The van der Waals surface area contributed by atoms with Crippen LogP contribution in [0.2, 0.25) is 0 Å². The monoisotopic (exact) mass is 264 g/mol. The van der Waals surface area contributed by atoms with E-state index in [1.165, 1.54) is 42.7 Å². The maximum absolute atomic E-state index is 12.2. The van der Waals surface area contributed by atoms with E-state index in [1.807, 2.05) is 0 Å². The van der Waals surface area contributed by atoms with Crippen LogP contribution in [0.25, 0.3) is 0 Å². The predicted molar refractivity (Wildman–Crippen MR) is 65.2 cm³/mol. The number of aromatic nitrogens is 1. The summed E-state index contributed by atoms with van der Waals surface area (Å²) >= 11 is 0. The highest BCUT2D eigenvalue weighted by Crippen LogP contribution is 2.25. The van der Waals surface area contributed by atoms with Gasteiger partial charge in [-0.25, -0.2) is 0 Å². The van der Waals surface area contributed by atoms with Crippen LogP contribution in [0.15, 0.2) is 42.7 Å². The number of benzene rings is 1. The van der Waals surface area contributed by atoms with Gasteiger partial charge in [-0.3, -0.25) is 9.78 Å². The number of hydrogen-bond acceptors (Lipinski definition) is 4. The van der Waals surface area contributed by atoms with Gasteiger partial charge in [-0.15, -0.1) is 0 Å². The van der Waals surface area contributed by atoms with Crippen molar-refractivity contribution >= 4 is 11.5 Å². The van der Waals surface area contributed by atoms with E-state index in [9.17, 15) is 13.6 Å². The Labute approximate surface area is 107 Å². The molecule has 0 bridgehead atoms. The first-order valence-electron chi connectivity index (χ1n) is 5.37. The van der Waals surface area contributed by atoms with Crippen LogP contribution in [0.3, 0.4) is 0 Å². The second-order valence-electron chi connectivity index (χ2n) is 3.70. The SMILES string of the molecule is Nc1ccc(C(=O)c2ccncc2)cc1OC(F)F. The number of carbonyl (C=O) groups is 1. The summed E-state index contributed by atoms with van der Waals surface area (Å²) in [6, 6.07) is 7.07. The number of hydrogen-bond donors (Lipinski definition) is 1. The molecule has 0 fully saturated rings. The van der Waals surface area contributed by atoms with E-state index in [1.54, 1.807) is 0 Å². The van der Waals surface area contributed by atoms with Gasteiger partial charge >= 0.3 is 6.61 Å². The summed E-state index contributed by atoms with van der Waals surface area (Å²) in [5.74, 6) is -0.531. The number of pyridine rings is 1. The minimum Gasteiger partial charge on any atom is -0.433 e. The van der Waals surface area contributed by atoms with Gasteiger partial charge in [0.1, 0.15) is 5.75 Å². The van der Waals surface area contributed by atoms with Gasteiger partial charge in [-0.05, 0) is 30.3 Å². The Hall–Kier alpha value is -2.50. The molecule has 0 aliphatic carbocycles. The molecule has 0 amide bonds. The highest BCUT2D eigenvalue weighted by Gasteiger charge is 2.13. The summed E-state index contributed by atoms with van der Waals surface area (Å²) in [6.07, 6.45) is 2.95. The summed E-state index contributed by atoms with van der Waals surface area (Å²) in [5.41, 5.74) is 6.17. The largest absolute Gasteiger partial charge is 0.433 e. The van der Waals surface area contributed by atoms with Gasteiger partial charge in [0.15, 0.2) is 5.78 Å². The fourth-order valence-electron chi connectivity index (χ4n) is 1.54. The van der Waals surface area contributed by atoms with Crippen molar-refractivity contribution in [1.82, 2.24) is 4.98 Å². The zero-order chi connectivity index (χ0) is 13.8. The van der Waals surface area contributed by atoms with Gasteiger partial charge in [0.05, 0.1) is 5.69 Å². The average Bonchev–Trinajstić information content (AvgIpc) is 2.41. The molecule has 2 rings (SSSR count). The van der Waals surface area contributed by atoms with E-state index < -0.39 is 6.61 Å². The number of rotatable bonds is 4. The maximum atomic E-state index is 12.2. The molecular weight excluding hydrogens is 254 g/mol. The molecule has 0 aliphatic heterocycles. The van der Waals surface area contributed by atoms with Gasteiger partial charge in [0.25, 0.3) is 0 Å². The lowest BCUT2D eigenvalue weighted by molar-refractivity contribution is -0.0493. The van der Waals surface area contributed by atoms with Crippen molar-refractivity contribution < 1.29 is 18.3 Å². The molecule has 0 saturated heterocycles. The Morgan fingerprint density at radius 2 is 1.84 bits per heavy atom. The molecule has 2 aromatic rings. The number of carbonyl (C=O) groups excluding carboxylic acids is 1. The van der Waals surface area contributed by atoms with Gasteiger partial charge in [-0.2, -0.15) is 8.78 Å². The van der Waals surface area contributed by atoms with Gasteiger partial charge in [0.2, 0.25) is 0 Å². The van der Waals surface area contributed by atoms with E-state index in [-0.39, 0.29) is 22.8 Å². The fourth-order valence-corrected chi connectivity index (χ4v) is 1.54. The molecule has 98 valence electrons. The minimum absolute atomic E-state index is 0.0478. The smallest absolute Gasteiger partial charge is 0.387 e. The van der Waals surface area contributed by atoms with Gasteiger partial charge < -0.3 is 10.5 Å². The molecule has 1 aromatic heterocycles. The topological polar surface area (TPSA) is 65.2 Å². The number of ketones is 1. The third-order valence-corrected chi connectivity index (χ3v) is 2.43. The molecular formula is C13H10F2N2O2. The van der Waals surface area contributed by atoms with Crippen molar-refractivity contribution in [2.45, 2.75) is 6.61 Å². The maximum Gasteiger partial charge on any atom is 0.387 e. The summed E-state index contributed by atoms with van der Waals surface area (Å²) in [5, 5.41) is 0. The van der Waals surface area contributed by atoms with Crippen LogP contribution in [0.5, 0.6) is 5.75 Å². The average molecular weight is 264 g/mol. The van der Waals surface area contributed by atoms with E-state index in [0.29, 0.717) is 5.56 Å². The number of ether oxygens (including phenoxy) is 1. The van der Waals surface area contributed by atoms with E-state index in [4.69, 9.17) is 5.73 Å². The quantitative estimate of drug-likeness (QED) is 0.680. The number of nitrogens with zero attached hydrogens (tertiary/aromatic N) is 1. The zero-order valence-electron chi connectivity index (χ0n) is 9.72. The van der Waals surface area contributed by atoms with Crippen molar-refractivity contribution in [3.8, 4) is 5.75 Å². The Kier molecular flexibility index (Phi) is 3.70. The third-order valence-electron chi connectivity index (χ3n) is 2.43. The van der Waals surface area contributed by atoms with Crippen LogP contribution in [0.1, 0.15) is 15.9 Å². The molecule has 19 heavy (non-hydrogen) atoms. The van der Waals surface area contributed by atoms with Gasteiger partial charge in [-0.1, -0.05) is 0 Å². The molecule has 4 nitrogen and oxygen atoms in total. The van der Waals surface area contributed by atoms with Crippen LogP contribution in [-0.4, -0.2) is 17.4 Å². The molecule has 6 heteroatoms. The molecule has 0 atom stereocenters. The molecule has 0 saturated carbocycles. The van der Waals surface area contributed by atoms with Gasteiger partial charge in [0, 0.05) is 23.5 Å². The van der Waals surface area contributed by atoms with Crippen molar-refractivity contribution in [2.24, 2.45) is 0 Å². The standard InChI is InChI=1S/C13H10F2N2O2/c14-13(15)19-11-7-9(1-2-10(11)16)12(18)8-3-5-17-6-4-8/h1-7,13H,16H2. The first-order chi connectivity index (χ1) is 9.08. The van der Waals surface area contributed by atoms with E-state index in [2.05, 4.69) is 9.72 Å². The van der Waals surface area contributed by atoms with E-state index in [0.717, 1.165) is 0 Å². The van der Waals surface area contributed by atoms with Crippen LogP contribution >= 0.6 is 0 Å². The first-order valence-corrected chi connectivity index (χ1v) is 5.37. The summed E-state index contributed by atoms with van der Waals surface area (Å²) in [7, 11) is 0. The summed E-state index contributed by atoms with van der Waals surface area (Å²) < 4.78 is 28.6. The molecule has 0 aliphatic rings.